The van der Waals surface area contributed by atoms with Crippen LogP contribution in [-0.4, -0.2) is 43.2 Å². The molecule has 4 heteroatoms. The van der Waals surface area contributed by atoms with Crippen molar-refractivity contribution in [3.05, 3.63) is 18.3 Å². The van der Waals surface area contributed by atoms with Gasteiger partial charge in [-0.15, -0.1) is 0 Å². The fraction of sp³-hybridized carbons (Fsp3) is 0.643. The fourth-order valence-electron chi connectivity index (χ4n) is 2.68. The second kappa shape index (κ2) is 5.57. The van der Waals surface area contributed by atoms with Crippen molar-refractivity contribution in [2.24, 2.45) is 0 Å². The number of pyridine rings is 1. The lowest BCUT2D eigenvalue weighted by atomic mass is 9.96. The van der Waals surface area contributed by atoms with Crippen LogP contribution >= 0.6 is 0 Å². The predicted molar refractivity (Wildman–Crippen MR) is 74.2 cm³/mol. The SMILES string of the molecule is COc1ccc(NCC2(N(C)C)CCCC2)nc1. The molecule has 1 heterocycles. The van der Waals surface area contributed by atoms with Crippen LogP contribution in [0, 0.1) is 0 Å². The number of nitrogens with zero attached hydrogens (tertiary/aromatic N) is 2. The molecule has 1 aromatic rings. The molecule has 18 heavy (non-hydrogen) atoms. The van der Waals surface area contributed by atoms with Gasteiger partial charge in [0.15, 0.2) is 0 Å². The zero-order valence-electron chi connectivity index (χ0n) is 11.6. The number of hydrogen-bond donors (Lipinski definition) is 1. The highest BCUT2D eigenvalue weighted by Crippen LogP contribution is 2.33. The monoisotopic (exact) mass is 249 g/mol. The number of nitrogens with one attached hydrogen (secondary N) is 1. The van der Waals surface area contributed by atoms with E-state index in [0.717, 1.165) is 18.1 Å². The summed E-state index contributed by atoms with van der Waals surface area (Å²) in [7, 11) is 6.01. The first-order valence-corrected chi connectivity index (χ1v) is 6.58. The number of hydrogen-bond acceptors (Lipinski definition) is 4. The van der Waals surface area contributed by atoms with Gasteiger partial charge in [-0.25, -0.2) is 4.98 Å². The Morgan fingerprint density at radius 1 is 1.33 bits per heavy atom. The highest BCUT2D eigenvalue weighted by atomic mass is 16.5. The maximum absolute atomic E-state index is 5.11. The van der Waals surface area contributed by atoms with Crippen LogP contribution in [0.25, 0.3) is 0 Å². The van der Waals surface area contributed by atoms with Crippen LogP contribution in [0.2, 0.25) is 0 Å². The first-order chi connectivity index (χ1) is 8.66. The maximum atomic E-state index is 5.11. The van der Waals surface area contributed by atoms with E-state index in [4.69, 9.17) is 4.74 Å². The quantitative estimate of drug-likeness (QED) is 0.869. The minimum atomic E-state index is 0.293. The third-order valence-corrected chi connectivity index (χ3v) is 4.05. The minimum Gasteiger partial charge on any atom is -0.495 e. The van der Waals surface area contributed by atoms with E-state index in [-0.39, 0.29) is 0 Å². The predicted octanol–water partition coefficient (Wildman–Crippen LogP) is 2.38. The summed E-state index contributed by atoms with van der Waals surface area (Å²) in [4.78, 5) is 6.70. The van der Waals surface area contributed by atoms with Crippen molar-refractivity contribution < 1.29 is 4.74 Å². The van der Waals surface area contributed by atoms with Gasteiger partial charge in [0, 0.05) is 12.1 Å². The topological polar surface area (TPSA) is 37.4 Å². The molecule has 1 aromatic heterocycles. The van der Waals surface area contributed by atoms with Gasteiger partial charge in [-0.2, -0.15) is 0 Å². The maximum Gasteiger partial charge on any atom is 0.137 e. The van der Waals surface area contributed by atoms with E-state index >= 15 is 0 Å². The number of aromatic nitrogens is 1. The largest absolute Gasteiger partial charge is 0.495 e. The summed E-state index contributed by atoms with van der Waals surface area (Å²) in [6.07, 6.45) is 6.94. The molecule has 0 spiro atoms. The lowest BCUT2D eigenvalue weighted by Crippen LogP contribution is -2.47. The van der Waals surface area contributed by atoms with Crippen molar-refractivity contribution in [3.63, 3.8) is 0 Å². The summed E-state index contributed by atoms with van der Waals surface area (Å²) >= 11 is 0. The summed E-state index contributed by atoms with van der Waals surface area (Å²) < 4.78 is 5.11. The average Bonchev–Trinajstić information content (AvgIpc) is 2.87. The average molecular weight is 249 g/mol. The normalized spacial score (nSPS) is 18.0. The molecule has 1 aliphatic rings. The van der Waals surface area contributed by atoms with Gasteiger partial charge in [-0.3, -0.25) is 0 Å². The first kappa shape index (κ1) is 13.1. The highest BCUT2D eigenvalue weighted by Gasteiger charge is 2.35. The van der Waals surface area contributed by atoms with Gasteiger partial charge in [-0.1, -0.05) is 12.8 Å². The molecule has 0 atom stereocenters. The molecular weight excluding hydrogens is 226 g/mol. The number of anilines is 1. The minimum absolute atomic E-state index is 0.293. The standard InChI is InChI=1S/C14H23N3O/c1-17(2)14(8-4-5-9-14)11-16-13-7-6-12(18-3)10-15-13/h6-7,10H,4-5,8-9,11H2,1-3H3,(H,15,16). The van der Waals surface area contributed by atoms with Crippen LogP contribution in [-0.2, 0) is 0 Å². The smallest absolute Gasteiger partial charge is 0.137 e. The lowest BCUT2D eigenvalue weighted by Gasteiger charge is -2.36. The van der Waals surface area contributed by atoms with Crippen LogP contribution in [0.15, 0.2) is 18.3 Å². The van der Waals surface area contributed by atoms with E-state index in [1.54, 1.807) is 13.3 Å². The second-order valence-corrected chi connectivity index (χ2v) is 5.26. The summed E-state index contributed by atoms with van der Waals surface area (Å²) in [5.41, 5.74) is 0.293. The molecule has 1 N–H and O–H groups in total. The third kappa shape index (κ3) is 2.75. The molecule has 0 aliphatic heterocycles. The van der Waals surface area contributed by atoms with Crippen molar-refractivity contribution >= 4 is 5.82 Å². The molecule has 0 radical (unpaired) electrons. The van der Waals surface area contributed by atoms with Crippen LogP contribution in [0.5, 0.6) is 5.75 Å². The molecule has 0 unspecified atom stereocenters. The Kier molecular flexibility index (Phi) is 4.07. The summed E-state index contributed by atoms with van der Waals surface area (Å²) in [5, 5.41) is 3.45. The zero-order valence-corrected chi connectivity index (χ0v) is 11.6. The van der Waals surface area contributed by atoms with Gasteiger partial charge in [-0.05, 0) is 39.1 Å². The first-order valence-electron chi connectivity index (χ1n) is 6.58. The molecule has 1 saturated carbocycles. The van der Waals surface area contributed by atoms with Crippen LogP contribution in [0.3, 0.4) is 0 Å². The molecule has 0 amide bonds. The van der Waals surface area contributed by atoms with Gasteiger partial charge in [0.2, 0.25) is 0 Å². The molecule has 1 fully saturated rings. The Balaban J connectivity index is 1.96. The van der Waals surface area contributed by atoms with Crippen LogP contribution in [0.1, 0.15) is 25.7 Å². The number of ether oxygens (including phenoxy) is 1. The molecule has 0 bridgehead atoms. The van der Waals surface area contributed by atoms with Gasteiger partial charge in [0.25, 0.3) is 0 Å². The van der Waals surface area contributed by atoms with Crippen LogP contribution < -0.4 is 10.1 Å². The summed E-state index contributed by atoms with van der Waals surface area (Å²) in [6, 6.07) is 3.91. The Hall–Kier alpha value is -1.29. The Labute approximate surface area is 109 Å². The van der Waals surface area contributed by atoms with Crippen LogP contribution in [0.4, 0.5) is 5.82 Å². The fourth-order valence-corrected chi connectivity index (χ4v) is 2.68. The lowest BCUT2D eigenvalue weighted by molar-refractivity contribution is 0.172. The molecule has 100 valence electrons. The van der Waals surface area contributed by atoms with E-state index in [1.165, 1.54) is 25.7 Å². The Bertz CT molecular complexity index is 369. The van der Waals surface area contributed by atoms with E-state index in [9.17, 15) is 0 Å². The van der Waals surface area contributed by atoms with E-state index < -0.39 is 0 Å². The molecule has 0 saturated heterocycles. The number of methoxy groups -OCH3 is 1. The summed E-state index contributed by atoms with van der Waals surface area (Å²) in [6.45, 7) is 0.958. The molecule has 4 nitrogen and oxygen atoms in total. The molecular formula is C14H23N3O. The number of likely N-dealkylation sites (N-methyl/N-ethyl adjacent to an activating group) is 1. The van der Waals surface area contributed by atoms with Crippen molar-refractivity contribution in [1.29, 1.82) is 0 Å². The van der Waals surface area contributed by atoms with E-state index in [2.05, 4.69) is 29.3 Å². The molecule has 1 aliphatic carbocycles. The highest BCUT2D eigenvalue weighted by molar-refractivity contribution is 5.38. The van der Waals surface area contributed by atoms with Crippen molar-refractivity contribution in [2.75, 3.05) is 33.1 Å². The van der Waals surface area contributed by atoms with Gasteiger partial charge >= 0.3 is 0 Å². The van der Waals surface area contributed by atoms with Crippen molar-refractivity contribution in [2.45, 2.75) is 31.2 Å². The van der Waals surface area contributed by atoms with Crippen molar-refractivity contribution in [1.82, 2.24) is 9.88 Å². The van der Waals surface area contributed by atoms with Gasteiger partial charge < -0.3 is 15.0 Å². The van der Waals surface area contributed by atoms with Gasteiger partial charge in [0.1, 0.15) is 11.6 Å². The van der Waals surface area contributed by atoms with Gasteiger partial charge in [0.05, 0.1) is 13.3 Å². The Morgan fingerprint density at radius 3 is 2.56 bits per heavy atom. The Morgan fingerprint density at radius 2 is 2.06 bits per heavy atom. The van der Waals surface area contributed by atoms with E-state index in [1.807, 2.05) is 12.1 Å². The molecule has 0 aromatic carbocycles. The summed E-state index contributed by atoms with van der Waals surface area (Å²) in [5.74, 6) is 1.72. The molecule has 2 rings (SSSR count). The second-order valence-electron chi connectivity index (χ2n) is 5.26. The zero-order chi connectivity index (χ0) is 13.0. The third-order valence-electron chi connectivity index (χ3n) is 4.05. The van der Waals surface area contributed by atoms with E-state index in [0.29, 0.717) is 5.54 Å². The van der Waals surface area contributed by atoms with Crippen molar-refractivity contribution in [3.8, 4) is 5.75 Å². The number of rotatable bonds is 5.